The molecule has 2 amide bonds. The lowest BCUT2D eigenvalue weighted by Crippen LogP contribution is -2.48. The monoisotopic (exact) mass is 439 g/mol. The second-order valence-electron chi connectivity index (χ2n) is 10.6. The molecule has 5 rings (SSSR count). The number of nitrogens with zero attached hydrogens (tertiary/aromatic N) is 3. The normalized spacial score (nSPS) is 23.8. The maximum absolute atomic E-state index is 12.3. The highest BCUT2D eigenvalue weighted by Gasteiger charge is 2.45. The molecule has 1 spiro atoms. The Hall–Kier alpha value is -2.08. The average molecular weight is 440 g/mol. The van der Waals surface area contributed by atoms with Crippen LogP contribution >= 0.6 is 0 Å². The fourth-order valence-electron chi connectivity index (χ4n) is 6.02. The Morgan fingerprint density at radius 1 is 1.06 bits per heavy atom. The first kappa shape index (κ1) is 21.7. The van der Waals surface area contributed by atoms with E-state index in [4.69, 9.17) is 4.74 Å². The van der Waals surface area contributed by atoms with Crippen LogP contribution in [0.25, 0.3) is 0 Å². The van der Waals surface area contributed by atoms with Crippen molar-refractivity contribution in [1.82, 2.24) is 9.80 Å². The van der Waals surface area contributed by atoms with Crippen molar-refractivity contribution in [2.24, 2.45) is 5.92 Å². The summed E-state index contributed by atoms with van der Waals surface area (Å²) in [6, 6.07) is 6.57. The van der Waals surface area contributed by atoms with Gasteiger partial charge in [-0.15, -0.1) is 0 Å². The van der Waals surface area contributed by atoms with Crippen LogP contribution in [0, 0.1) is 12.8 Å². The van der Waals surface area contributed by atoms with Crippen molar-refractivity contribution < 1.29 is 14.3 Å². The summed E-state index contributed by atoms with van der Waals surface area (Å²) in [5.41, 5.74) is 3.89. The fraction of sp³-hybridized carbons (Fsp3) is 0.692. The van der Waals surface area contributed by atoms with E-state index in [1.54, 1.807) is 6.92 Å². The van der Waals surface area contributed by atoms with Crippen LogP contribution < -0.4 is 4.90 Å². The molecule has 0 bridgehead atoms. The third kappa shape index (κ3) is 4.14. The zero-order valence-electron chi connectivity index (χ0n) is 19.6. The van der Waals surface area contributed by atoms with Crippen LogP contribution in [0.4, 0.5) is 10.5 Å². The van der Waals surface area contributed by atoms with E-state index in [0.29, 0.717) is 5.92 Å². The molecular formula is C26H37N3O3. The van der Waals surface area contributed by atoms with Crippen LogP contribution in [0.15, 0.2) is 18.2 Å². The van der Waals surface area contributed by atoms with Gasteiger partial charge in [0, 0.05) is 44.2 Å². The highest BCUT2D eigenvalue weighted by atomic mass is 16.6. The molecule has 3 heterocycles. The summed E-state index contributed by atoms with van der Waals surface area (Å²) in [6.07, 6.45) is 7.69. The summed E-state index contributed by atoms with van der Waals surface area (Å²) >= 11 is 0. The molecule has 3 fully saturated rings. The Morgan fingerprint density at radius 2 is 1.78 bits per heavy atom. The SMILES string of the molecule is CC(=O)N1CC2(CCN(CC3CCN(C(=O)OC4CCC4)CC3)CC2)c2cc(C)ccc21. The van der Waals surface area contributed by atoms with Gasteiger partial charge in [-0.1, -0.05) is 17.7 Å². The molecule has 0 N–H and O–H groups in total. The number of benzene rings is 1. The number of carbonyl (C=O) groups excluding carboxylic acids is 2. The molecule has 4 aliphatic rings. The molecule has 2 saturated heterocycles. The Balaban J connectivity index is 1.14. The van der Waals surface area contributed by atoms with E-state index in [0.717, 1.165) is 83.5 Å². The Morgan fingerprint density at radius 3 is 2.41 bits per heavy atom. The van der Waals surface area contributed by atoms with E-state index in [2.05, 4.69) is 30.0 Å². The Kier molecular flexibility index (Phi) is 5.91. The molecule has 6 nitrogen and oxygen atoms in total. The topological polar surface area (TPSA) is 53.1 Å². The van der Waals surface area contributed by atoms with Gasteiger partial charge in [0.05, 0.1) is 0 Å². The quantitative estimate of drug-likeness (QED) is 0.712. The minimum Gasteiger partial charge on any atom is -0.446 e. The first-order valence-electron chi connectivity index (χ1n) is 12.5. The van der Waals surface area contributed by atoms with Gasteiger partial charge >= 0.3 is 6.09 Å². The third-order valence-corrected chi connectivity index (χ3v) is 8.38. The fourth-order valence-corrected chi connectivity index (χ4v) is 6.02. The lowest BCUT2D eigenvalue weighted by atomic mass is 9.74. The van der Waals surface area contributed by atoms with Crippen LogP contribution in [-0.4, -0.2) is 67.2 Å². The number of ether oxygens (including phenoxy) is 1. The van der Waals surface area contributed by atoms with Crippen LogP contribution in [0.5, 0.6) is 0 Å². The lowest BCUT2D eigenvalue weighted by Gasteiger charge is -2.42. The molecule has 3 aliphatic heterocycles. The van der Waals surface area contributed by atoms with Crippen LogP contribution in [0.3, 0.4) is 0 Å². The Labute approximate surface area is 191 Å². The van der Waals surface area contributed by atoms with Gasteiger partial charge in [0.2, 0.25) is 5.91 Å². The van der Waals surface area contributed by atoms with Gasteiger partial charge < -0.3 is 19.4 Å². The zero-order chi connectivity index (χ0) is 22.3. The molecule has 1 saturated carbocycles. The summed E-state index contributed by atoms with van der Waals surface area (Å²) in [5, 5.41) is 0. The first-order chi connectivity index (χ1) is 15.4. The summed E-state index contributed by atoms with van der Waals surface area (Å²) < 4.78 is 5.58. The Bertz CT molecular complexity index is 865. The number of piperidine rings is 2. The van der Waals surface area contributed by atoms with Crippen molar-refractivity contribution in [3.8, 4) is 0 Å². The molecule has 0 atom stereocenters. The van der Waals surface area contributed by atoms with E-state index >= 15 is 0 Å². The number of rotatable bonds is 3. The maximum Gasteiger partial charge on any atom is 0.410 e. The van der Waals surface area contributed by atoms with Gasteiger partial charge in [0.25, 0.3) is 0 Å². The van der Waals surface area contributed by atoms with Crippen LogP contribution in [0.2, 0.25) is 0 Å². The molecule has 1 aliphatic carbocycles. The van der Waals surface area contributed by atoms with E-state index in [1.807, 2.05) is 9.80 Å². The van der Waals surface area contributed by atoms with Gasteiger partial charge in [-0.3, -0.25) is 4.79 Å². The summed E-state index contributed by atoms with van der Waals surface area (Å²) in [5.74, 6) is 0.806. The standard InChI is InChI=1S/C26H37N3O3/c1-19-6-7-24-23(16-19)26(18-29(24)20(2)30)10-14-27(15-11-26)17-21-8-12-28(13-9-21)25(31)32-22-4-3-5-22/h6-7,16,21-22H,3-5,8-15,17-18H2,1-2H3. The lowest BCUT2D eigenvalue weighted by molar-refractivity contribution is -0.116. The van der Waals surface area contributed by atoms with Crippen LogP contribution in [0.1, 0.15) is 63.0 Å². The number of hydrogen-bond donors (Lipinski definition) is 0. The van der Waals surface area contributed by atoms with Gasteiger partial charge in [0.15, 0.2) is 0 Å². The molecule has 0 aromatic heterocycles. The summed E-state index contributed by atoms with van der Waals surface area (Å²) in [4.78, 5) is 31.1. The minimum atomic E-state index is -0.0988. The molecule has 0 unspecified atom stereocenters. The number of fused-ring (bicyclic) bond motifs is 2. The first-order valence-corrected chi connectivity index (χ1v) is 12.5. The van der Waals surface area contributed by atoms with Crippen molar-refractivity contribution in [1.29, 1.82) is 0 Å². The van der Waals surface area contributed by atoms with E-state index in [1.165, 1.54) is 17.5 Å². The third-order valence-electron chi connectivity index (χ3n) is 8.38. The summed E-state index contributed by atoms with van der Waals surface area (Å²) in [6.45, 7) is 9.61. The molecule has 1 aromatic rings. The number of hydrogen-bond acceptors (Lipinski definition) is 4. The number of anilines is 1. The molecular weight excluding hydrogens is 402 g/mol. The predicted molar refractivity (Wildman–Crippen MR) is 125 cm³/mol. The minimum absolute atomic E-state index is 0.0988. The zero-order valence-corrected chi connectivity index (χ0v) is 19.6. The molecule has 0 radical (unpaired) electrons. The van der Waals surface area contributed by atoms with Crippen molar-refractivity contribution in [2.45, 2.75) is 70.3 Å². The van der Waals surface area contributed by atoms with Gasteiger partial charge in [0.1, 0.15) is 6.10 Å². The number of carbonyl (C=O) groups is 2. The highest BCUT2D eigenvalue weighted by molar-refractivity contribution is 5.94. The molecule has 174 valence electrons. The second-order valence-corrected chi connectivity index (χ2v) is 10.6. The van der Waals surface area contributed by atoms with Crippen molar-refractivity contribution in [3.63, 3.8) is 0 Å². The highest BCUT2D eigenvalue weighted by Crippen LogP contribution is 2.47. The number of likely N-dealkylation sites (tertiary alicyclic amines) is 2. The number of aryl methyl sites for hydroxylation is 1. The second kappa shape index (κ2) is 8.69. The largest absolute Gasteiger partial charge is 0.446 e. The van der Waals surface area contributed by atoms with Gasteiger partial charge in [-0.25, -0.2) is 4.79 Å². The molecule has 1 aromatic carbocycles. The summed E-state index contributed by atoms with van der Waals surface area (Å²) in [7, 11) is 0. The van der Waals surface area contributed by atoms with E-state index in [-0.39, 0.29) is 23.5 Å². The van der Waals surface area contributed by atoms with Gasteiger partial charge in [-0.2, -0.15) is 0 Å². The van der Waals surface area contributed by atoms with Crippen molar-refractivity contribution in [2.75, 3.05) is 44.2 Å². The van der Waals surface area contributed by atoms with Gasteiger partial charge in [-0.05, 0) is 82.5 Å². The predicted octanol–water partition coefficient (Wildman–Crippen LogP) is 4.10. The van der Waals surface area contributed by atoms with Crippen LogP contribution in [-0.2, 0) is 14.9 Å². The van der Waals surface area contributed by atoms with Crippen molar-refractivity contribution >= 4 is 17.7 Å². The molecule has 6 heteroatoms. The average Bonchev–Trinajstić information content (AvgIpc) is 3.06. The molecule has 32 heavy (non-hydrogen) atoms. The smallest absolute Gasteiger partial charge is 0.410 e. The number of amides is 2. The maximum atomic E-state index is 12.3. The van der Waals surface area contributed by atoms with E-state index in [9.17, 15) is 9.59 Å². The van der Waals surface area contributed by atoms with Crippen molar-refractivity contribution in [3.05, 3.63) is 29.3 Å². The van der Waals surface area contributed by atoms with E-state index < -0.39 is 0 Å².